The van der Waals surface area contributed by atoms with Crippen LogP contribution < -0.4 is 5.32 Å². The molecule has 1 N–H and O–H groups in total. The molecule has 0 saturated carbocycles. The van der Waals surface area contributed by atoms with Crippen molar-refractivity contribution < 1.29 is 4.79 Å². The van der Waals surface area contributed by atoms with Gasteiger partial charge >= 0.3 is 0 Å². The molecular formula is C14H9ClN2OS2. The van der Waals surface area contributed by atoms with Crippen molar-refractivity contribution in [3.63, 3.8) is 0 Å². The molecule has 0 saturated heterocycles. The predicted molar refractivity (Wildman–Crippen MR) is 84.8 cm³/mol. The lowest BCUT2D eigenvalue weighted by Crippen LogP contribution is -2.11. The smallest absolute Gasteiger partial charge is 0.257 e. The van der Waals surface area contributed by atoms with Gasteiger partial charge in [0, 0.05) is 16.0 Å². The summed E-state index contributed by atoms with van der Waals surface area (Å²) in [6, 6.07) is 10.8. The number of carbonyl (C=O) groups is 1. The minimum absolute atomic E-state index is 0.209. The highest BCUT2D eigenvalue weighted by atomic mass is 35.5. The number of nitrogens with one attached hydrogen (secondary N) is 1. The molecule has 0 spiro atoms. The number of benzene rings is 1. The summed E-state index contributed by atoms with van der Waals surface area (Å²) in [5, 5.41) is 7.83. The van der Waals surface area contributed by atoms with E-state index < -0.39 is 0 Å². The van der Waals surface area contributed by atoms with E-state index in [9.17, 15) is 4.79 Å². The minimum Gasteiger partial charge on any atom is -0.298 e. The molecule has 0 bridgehead atoms. The molecule has 3 nitrogen and oxygen atoms in total. The van der Waals surface area contributed by atoms with Crippen LogP contribution in [0.3, 0.4) is 0 Å². The fourth-order valence-electron chi connectivity index (χ4n) is 1.67. The van der Waals surface area contributed by atoms with Crippen molar-refractivity contribution >= 4 is 45.3 Å². The van der Waals surface area contributed by atoms with Crippen LogP contribution in [0.2, 0.25) is 5.02 Å². The minimum atomic E-state index is -0.209. The third-order valence-electron chi connectivity index (χ3n) is 2.59. The van der Waals surface area contributed by atoms with E-state index in [2.05, 4.69) is 10.3 Å². The molecule has 0 fully saturated rings. The first-order valence-corrected chi connectivity index (χ1v) is 7.92. The van der Waals surface area contributed by atoms with Crippen molar-refractivity contribution in [2.24, 2.45) is 0 Å². The van der Waals surface area contributed by atoms with Crippen LogP contribution in [0.5, 0.6) is 0 Å². The van der Waals surface area contributed by atoms with Crippen molar-refractivity contribution in [3.05, 3.63) is 57.7 Å². The molecule has 1 aromatic carbocycles. The van der Waals surface area contributed by atoms with E-state index in [0.717, 1.165) is 10.6 Å². The molecule has 6 heteroatoms. The molecule has 20 heavy (non-hydrogen) atoms. The van der Waals surface area contributed by atoms with Crippen LogP contribution in [0.4, 0.5) is 5.13 Å². The van der Waals surface area contributed by atoms with Crippen LogP contribution in [-0.2, 0) is 0 Å². The number of carbonyl (C=O) groups excluding carboxylic acids is 1. The number of anilines is 1. The number of hydrogen-bond donors (Lipinski definition) is 1. The molecule has 0 unspecified atom stereocenters. The lowest BCUT2D eigenvalue weighted by molar-refractivity contribution is 0.102. The van der Waals surface area contributed by atoms with Gasteiger partial charge in [0.2, 0.25) is 0 Å². The first-order chi connectivity index (χ1) is 9.72. The topological polar surface area (TPSA) is 42.0 Å². The zero-order valence-corrected chi connectivity index (χ0v) is 12.6. The fraction of sp³-hybridized carbons (Fsp3) is 0. The number of hydrogen-bond acceptors (Lipinski definition) is 4. The van der Waals surface area contributed by atoms with E-state index in [1.165, 1.54) is 11.3 Å². The second-order valence-electron chi connectivity index (χ2n) is 3.98. The van der Waals surface area contributed by atoms with Gasteiger partial charge in [0.15, 0.2) is 5.13 Å². The Morgan fingerprint density at radius 3 is 2.85 bits per heavy atom. The number of aromatic nitrogens is 1. The van der Waals surface area contributed by atoms with Gasteiger partial charge in [0.1, 0.15) is 0 Å². The van der Waals surface area contributed by atoms with Gasteiger partial charge in [-0.3, -0.25) is 10.1 Å². The molecular weight excluding hydrogens is 312 g/mol. The maximum atomic E-state index is 12.1. The third-order valence-corrected chi connectivity index (χ3v) is 4.47. The Balaban J connectivity index is 1.77. The average Bonchev–Trinajstić information content (AvgIpc) is 3.08. The Labute approximate surface area is 128 Å². The molecule has 100 valence electrons. The summed E-state index contributed by atoms with van der Waals surface area (Å²) in [6.45, 7) is 0. The maximum absolute atomic E-state index is 12.1. The van der Waals surface area contributed by atoms with Crippen LogP contribution in [0.25, 0.3) is 10.6 Å². The van der Waals surface area contributed by atoms with Gasteiger partial charge in [-0.2, -0.15) is 0 Å². The number of thiophene rings is 1. The summed E-state index contributed by atoms with van der Waals surface area (Å²) >= 11 is 8.90. The highest BCUT2D eigenvalue weighted by Crippen LogP contribution is 2.28. The Morgan fingerprint density at radius 2 is 2.10 bits per heavy atom. The highest BCUT2D eigenvalue weighted by Gasteiger charge is 2.10. The molecule has 0 radical (unpaired) electrons. The van der Waals surface area contributed by atoms with Crippen molar-refractivity contribution in [2.75, 3.05) is 5.32 Å². The highest BCUT2D eigenvalue weighted by molar-refractivity contribution is 7.16. The fourth-order valence-corrected chi connectivity index (χ4v) is 3.32. The second kappa shape index (κ2) is 5.75. The maximum Gasteiger partial charge on any atom is 0.257 e. The normalized spacial score (nSPS) is 10.4. The number of amides is 1. The molecule has 3 rings (SSSR count). The largest absolute Gasteiger partial charge is 0.298 e. The van der Waals surface area contributed by atoms with Gasteiger partial charge in [-0.05, 0) is 29.6 Å². The summed E-state index contributed by atoms with van der Waals surface area (Å²) in [7, 11) is 0. The van der Waals surface area contributed by atoms with Crippen molar-refractivity contribution in [3.8, 4) is 10.6 Å². The number of thiazole rings is 1. The molecule has 3 aromatic rings. The summed E-state index contributed by atoms with van der Waals surface area (Å²) in [4.78, 5) is 17.6. The summed E-state index contributed by atoms with van der Waals surface area (Å²) in [6.07, 6.45) is 0. The molecule has 2 aromatic heterocycles. The average molecular weight is 321 g/mol. The first-order valence-electron chi connectivity index (χ1n) is 5.79. The molecule has 1 amide bonds. The monoisotopic (exact) mass is 320 g/mol. The molecule has 2 heterocycles. The SMILES string of the molecule is O=C(Nc1nc(-c2cccs2)cs1)c1cccc(Cl)c1. The summed E-state index contributed by atoms with van der Waals surface area (Å²) in [5.74, 6) is -0.209. The van der Waals surface area contributed by atoms with Crippen molar-refractivity contribution in [1.82, 2.24) is 4.98 Å². The van der Waals surface area contributed by atoms with Crippen LogP contribution in [0.1, 0.15) is 10.4 Å². The first kappa shape index (κ1) is 13.3. The van der Waals surface area contributed by atoms with Crippen LogP contribution in [-0.4, -0.2) is 10.9 Å². The van der Waals surface area contributed by atoms with Gasteiger partial charge in [-0.25, -0.2) is 4.98 Å². The quantitative estimate of drug-likeness (QED) is 0.754. The zero-order valence-electron chi connectivity index (χ0n) is 10.2. The standard InChI is InChI=1S/C14H9ClN2OS2/c15-10-4-1-3-9(7-10)13(18)17-14-16-11(8-20-14)12-5-2-6-19-12/h1-8H,(H,16,17,18). The van der Waals surface area contributed by atoms with Gasteiger partial charge in [0.05, 0.1) is 10.6 Å². The van der Waals surface area contributed by atoms with E-state index in [1.54, 1.807) is 35.6 Å². The number of halogens is 1. The Bertz CT molecular complexity index is 737. The number of rotatable bonds is 3. The Kier molecular flexibility index (Phi) is 3.82. The van der Waals surface area contributed by atoms with Crippen LogP contribution in [0, 0.1) is 0 Å². The lowest BCUT2D eigenvalue weighted by atomic mass is 10.2. The lowest BCUT2D eigenvalue weighted by Gasteiger charge is -2.01. The van der Waals surface area contributed by atoms with Gasteiger partial charge < -0.3 is 0 Å². The van der Waals surface area contributed by atoms with Crippen molar-refractivity contribution in [1.29, 1.82) is 0 Å². The van der Waals surface area contributed by atoms with Gasteiger partial charge in [-0.1, -0.05) is 23.7 Å². The molecule has 0 aliphatic heterocycles. The van der Waals surface area contributed by atoms with E-state index >= 15 is 0 Å². The third kappa shape index (κ3) is 2.90. The van der Waals surface area contributed by atoms with Crippen LogP contribution in [0.15, 0.2) is 47.2 Å². The second-order valence-corrected chi connectivity index (χ2v) is 6.22. The van der Waals surface area contributed by atoms with Crippen molar-refractivity contribution in [2.45, 2.75) is 0 Å². The summed E-state index contributed by atoms with van der Waals surface area (Å²) < 4.78 is 0. The Hall–Kier alpha value is -1.69. The number of nitrogens with zero attached hydrogens (tertiary/aromatic N) is 1. The predicted octanol–water partition coefficient (Wildman–Crippen LogP) is 4.78. The summed E-state index contributed by atoms with van der Waals surface area (Å²) in [5.41, 5.74) is 1.40. The van der Waals surface area contributed by atoms with E-state index in [4.69, 9.17) is 11.6 Å². The van der Waals surface area contributed by atoms with E-state index in [-0.39, 0.29) is 5.91 Å². The van der Waals surface area contributed by atoms with E-state index in [1.807, 2.05) is 22.9 Å². The molecule has 0 atom stereocenters. The molecule has 0 aliphatic rings. The van der Waals surface area contributed by atoms with E-state index in [0.29, 0.717) is 15.7 Å². The van der Waals surface area contributed by atoms with Crippen LogP contribution >= 0.6 is 34.3 Å². The zero-order chi connectivity index (χ0) is 13.9. The van der Waals surface area contributed by atoms with Gasteiger partial charge in [0.25, 0.3) is 5.91 Å². The molecule has 0 aliphatic carbocycles. The van der Waals surface area contributed by atoms with Gasteiger partial charge in [-0.15, -0.1) is 22.7 Å². The Morgan fingerprint density at radius 1 is 1.20 bits per heavy atom.